The van der Waals surface area contributed by atoms with E-state index in [1.807, 2.05) is 0 Å². The van der Waals surface area contributed by atoms with Crippen LogP contribution in [0.15, 0.2) is 42.5 Å². The molecule has 0 saturated heterocycles. The Morgan fingerprint density at radius 2 is 1.26 bits per heavy atom. The molecule has 10 nitrogen and oxygen atoms in total. The van der Waals surface area contributed by atoms with Crippen LogP contribution in [0.2, 0.25) is 0 Å². The normalized spacial score (nSPS) is 11.1. The SMILES string of the molecule is CCOC(=O)C(CC=CCC(NC(=O)c1ccccc1)(C(=O)OCC)C(=O)OCC)C(=O)OCC. The van der Waals surface area contributed by atoms with Gasteiger partial charge in [-0.2, -0.15) is 0 Å². The zero-order valence-corrected chi connectivity index (χ0v) is 20.5. The van der Waals surface area contributed by atoms with Crippen LogP contribution in [0.3, 0.4) is 0 Å². The fraction of sp³-hybridized carbons (Fsp3) is 0.480. The minimum absolute atomic E-state index is 0.0430. The number of carbonyl (C=O) groups excluding carboxylic acids is 5. The van der Waals surface area contributed by atoms with Gasteiger partial charge in [-0.15, -0.1) is 0 Å². The molecule has 1 aromatic rings. The molecule has 1 aromatic carbocycles. The van der Waals surface area contributed by atoms with Crippen molar-refractivity contribution >= 4 is 29.8 Å². The third-order valence-electron chi connectivity index (χ3n) is 4.72. The molecule has 0 atom stereocenters. The lowest BCUT2D eigenvalue weighted by Gasteiger charge is -2.29. The molecule has 0 radical (unpaired) electrons. The molecule has 192 valence electrons. The summed E-state index contributed by atoms with van der Waals surface area (Å²) in [6, 6.07) is 8.03. The van der Waals surface area contributed by atoms with Crippen LogP contribution in [0.1, 0.15) is 50.9 Å². The minimum atomic E-state index is -2.18. The fourth-order valence-corrected chi connectivity index (χ4v) is 3.03. The molecule has 35 heavy (non-hydrogen) atoms. The van der Waals surface area contributed by atoms with Gasteiger partial charge in [-0.3, -0.25) is 14.4 Å². The van der Waals surface area contributed by atoms with E-state index >= 15 is 0 Å². The quantitative estimate of drug-likeness (QED) is 0.180. The van der Waals surface area contributed by atoms with Gasteiger partial charge in [0.25, 0.3) is 5.91 Å². The van der Waals surface area contributed by atoms with Gasteiger partial charge in [0.05, 0.1) is 26.4 Å². The Morgan fingerprint density at radius 1 is 0.771 bits per heavy atom. The molecule has 0 aliphatic carbocycles. The van der Waals surface area contributed by atoms with Gasteiger partial charge in [-0.25, -0.2) is 9.59 Å². The minimum Gasteiger partial charge on any atom is -0.465 e. The van der Waals surface area contributed by atoms with Crippen molar-refractivity contribution in [1.82, 2.24) is 5.32 Å². The number of ether oxygens (including phenoxy) is 4. The molecule has 0 spiro atoms. The van der Waals surface area contributed by atoms with Crippen LogP contribution in [0.4, 0.5) is 0 Å². The summed E-state index contributed by atoms with van der Waals surface area (Å²) in [7, 11) is 0. The van der Waals surface area contributed by atoms with Crippen LogP contribution >= 0.6 is 0 Å². The maximum atomic E-state index is 12.9. The second kappa shape index (κ2) is 15.3. The Hall–Kier alpha value is -3.69. The van der Waals surface area contributed by atoms with Gasteiger partial charge >= 0.3 is 23.9 Å². The van der Waals surface area contributed by atoms with E-state index in [0.717, 1.165) is 0 Å². The first-order chi connectivity index (χ1) is 16.8. The lowest BCUT2D eigenvalue weighted by molar-refractivity contribution is -0.166. The van der Waals surface area contributed by atoms with E-state index in [-0.39, 0.29) is 44.8 Å². The van der Waals surface area contributed by atoms with E-state index in [1.165, 1.54) is 24.3 Å². The Labute approximate surface area is 204 Å². The molecule has 0 aliphatic heterocycles. The van der Waals surface area contributed by atoms with E-state index in [4.69, 9.17) is 18.9 Å². The van der Waals surface area contributed by atoms with E-state index in [9.17, 15) is 24.0 Å². The molecule has 0 unspecified atom stereocenters. The average molecular weight is 492 g/mol. The molecule has 0 aromatic heterocycles. The lowest BCUT2D eigenvalue weighted by atomic mass is 9.93. The van der Waals surface area contributed by atoms with Gasteiger partial charge in [0.15, 0.2) is 5.92 Å². The van der Waals surface area contributed by atoms with Gasteiger partial charge in [0.2, 0.25) is 5.54 Å². The van der Waals surface area contributed by atoms with Crippen LogP contribution in [0.25, 0.3) is 0 Å². The molecule has 1 rings (SSSR count). The maximum Gasteiger partial charge on any atom is 0.344 e. The lowest BCUT2D eigenvalue weighted by Crippen LogP contribution is -2.61. The van der Waals surface area contributed by atoms with Crippen molar-refractivity contribution in [1.29, 1.82) is 0 Å². The molecule has 0 heterocycles. The smallest absolute Gasteiger partial charge is 0.344 e. The third-order valence-corrected chi connectivity index (χ3v) is 4.72. The van der Waals surface area contributed by atoms with Gasteiger partial charge in [0.1, 0.15) is 0 Å². The van der Waals surface area contributed by atoms with Crippen molar-refractivity contribution in [3.05, 3.63) is 48.0 Å². The van der Waals surface area contributed by atoms with E-state index < -0.39 is 41.2 Å². The first-order valence-electron chi connectivity index (χ1n) is 11.5. The highest BCUT2D eigenvalue weighted by Gasteiger charge is 2.49. The van der Waals surface area contributed by atoms with Gasteiger partial charge < -0.3 is 24.3 Å². The van der Waals surface area contributed by atoms with E-state index in [0.29, 0.717) is 0 Å². The molecular formula is C25H33NO9. The first kappa shape index (κ1) is 29.3. The van der Waals surface area contributed by atoms with Crippen LogP contribution in [0.5, 0.6) is 0 Å². The molecule has 1 N–H and O–H groups in total. The molecule has 0 bridgehead atoms. The highest BCUT2D eigenvalue weighted by atomic mass is 16.6. The summed E-state index contributed by atoms with van der Waals surface area (Å²) in [5.41, 5.74) is -1.96. The number of carbonyl (C=O) groups is 5. The van der Waals surface area contributed by atoms with E-state index in [2.05, 4.69) is 5.32 Å². The summed E-state index contributed by atoms with van der Waals surface area (Å²) < 4.78 is 20.1. The molecule has 0 fully saturated rings. The van der Waals surface area contributed by atoms with Gasteiger partial charge in [-0.05, 0) is 46.2 Å². The summed E-state index contributed by atoms with van der Waals surface area (Å²) in [5, 5.41) is 2.47. The van der Waals surface area contributed by atoms with Crippen LogP contribution < -0.4 is 5.32 Å². The standard InChI is InChI=1S/C25H33NO9/c1-5-32-21(28)19(22(29)33-6-2)16-12-13-17-25(23(30)34-7-3,24(31)35-8-4)26-20(27)18-14-10-9-11-15-18/h9-15,19H,5-8,16-17H2,1-4H3,(H,26,27). The fourth-order valence-electron chi connectivity index (χ4n) is 3.03. The van der Waals surface area contributed by atoms with Crippen molar-refractivity contribution in [2.75, 3.05) is 26.4 Å². The Morgan fingerprint density at radius 3 is 1.71 bits per heavy atom. The molecule has 1 amide bonds. The topological polar surface area (TPSA) is 134 Å². The Kier molecular flexibility index (Phi) is 12.8. The number of rotatable bonds is 14. The molecular weight excluding hydrogens is 458 g/mol. The van der Waals surface area contributed by atoms with Crippen LogP contribution in [-0.4, -0.2) is 61.8 Å². The van der Waals surface area contributed by atoms with Gasteiger partial charge in [0, 0.05) is 12.0 Å². The highest BCUT2D eigenvalue weighted by Crippen LogP contribution is 2.20. The predicted octanol–water partition coefficient (Wildman–Crippen LogP) is 2.36. The van der Waals surface area contributed by atoms with Crippen molar-refractivity contribution in [2.24, 2.45) is 5.92 Å². The van der Waals surface area contributed by atoms with Gasteiger partial charge in [-0.1, -0.05) is 30.4 Å². The second-order valence-corrected chi connectivity index (χ2v) is 7.13. The molecule has 0 saturated carbocycles. The first-order valence-corrected chi connectivity index (χ1v) is 11.5. The van der Waals surface area contributed by atoms with Crippen molar-refractivity contribution < 1.29 is 42.9 Å². The van der Waals surface area contributed by atoms with Crippen molar-refractivity contribution in [3.8, 4) is 0 Å². The maximum absolute atomic E-state index is 12.9. The molecule has 0 aliphatic rings. The number of hydrogen-bond donors (Lipinski definition) is 1. The van der Waals surface area contributed by atoms with Crippen molar-refractivity contribution in [3.63, 3.8) is 0 Å². The monoisotopic (exact) mass is 491 g/mol. The summed E-state index contributed by atoms with van der Waals surface area (Å²) in [6.45, 7) is 6.42. The number of hydrogen-bond acceptors (Lipinski definition) is 9. The Balaban J connectivity index is 3.25. The molecule has 10 heteroatoms. The zero-order valence-electron chi connectivity index (χ0n) is 20.5. The van der Waals surface area contributed by atoms with E-state index in [1.54, 1.807) is 45.9 Å². The summed E-state index contributed by atoms with van der Waals surface area (Å²) in [5.74, 6) is -5.41. The summed E-state index contributed by atoms with van der Waals surface area (Å²) >= 11 is 0. The number of benzene rings is 1. The highest BCUT2D eigenvalue weighted by molar-refractivity contribution is 6.10. The number of allylic oxidation sites excluding steroid dienone is 1. The Bertz CT molecular complexity index is 859. The van der Waals surface area contributed by atoms with Crippen LogP contribution in [0, 0.1) is 5.92 Å². The third kappa shape index (κ3) is 8.55. The largest absolute Gasteiger partial charge is 0.465 e. The predicted molar refractivity (Wildman–Crippen MR) is 125 cm³/mol. The average Bonchev–Trinajstić information content (AvgIpc) is 2.84. The zero-order chi connectivity index (χ0) is 26.3. The van der Waals surface area contributed by atoms with Crippen LogP contribution in [-0.2, 0) is 38.1 Å². The summed E-state index contributed by atoms with van der Waals surface area (Å²) in [6.07, 6.45) is 2.37. The number of esters is 4. The van der Waals surface area contributed by atoms with Crippen molar-refractivity contribution in [2.45, 2.75) is 46.1 Å². The number of nitrogens with one attached hydrogen (secondary N) is 1. The second-order valence-electron chi connectivity index (χ2n) is 7.13. The number of amides is 1. The summed E-state index contributed by atoms with van der Waals surface area (Å²) in [4.78, 5) is 63.1.